The van der Waals surface area contributed by atoms with E-state index in [4.69, 9.17) is 11.6 Å². The number of carbonyl (C=O) groups excluding carboxylic acids is 1. The second-order valence-corrected chi connectivity index (χ2v) is 5.71. The van der Waals surface area contributed by atoms with Crippen LogP contribution in [0.3, 0.4) is 0 Å². The Hall–Kier alpha value is -1.10. The highest BCUT2D eigenvalue weighted by molar-refractivity contribution is 6.31. The molecule has 1 N–H and O–H groups in total. The van der Waals surface area contributed by atoms with Crippen LogP contribution in [-0.2, 0) is 11.2 Å². The van der Waals surface area contributed by atoms with E-state index >= 15 is 0 Å². The number of nitrogens with zero attached hydrogens (tertiary/aromatic N) is 2. The minimum absolute atomic E-state index is 0.120. The molecule has 20 heavy (non-hydrogen) atoms. The molecule has 0 aliphatic carbocycles. The number of benzene rings is 1. The van der Waals surface area contributed by atoms with Gasteiger partial charge in [-0.3, -0.25) is 9.69 Å². The minimum atomic E-state index is -0.319. The molecule has 1 aliphatic heterocycles. The van der Waals surface area contributed by atoms with Crippen LogP contribution in [-0.4, -0.2) is 59.6 Å². The van der Waals surface area contributed by atoms with Crippen LogP contribution < -0.4 is 0 Å². The zero-order valence-corrected chi connectivity index (χ0v) is 12.5. The highest BCUT2D eigenvalue weighted by Crippen LogP contribution is 2.16. The molecule has 1 aliphatic rings. The van der Waals surface area contributed by atoms with Gasteiger partial charge in [0.25, 0.3) is 0 Å². The van der Waals surface area contributed by atoms with Crippen LogP contribution in [0.1, 0.15) is 12.5 Å². The Morgan fingerprint density at radius 1 is 1.30 bits per heavy atom. The first-order valence-corrected chi connectivity index (χ1v) is 7.35. The van der Waals surface area contributed by atoms with Crippen LogP contribution in [0.2, 0.25) is 5.02 Å². The number of amides is 1. The van der Waals surface area contributed by atoms with Crippen molar-refractivity contribution < 1.29 is 9.90 Å². The average Bonchev–Trinajstić information content (AvgIpc) is 2.41. The van der Waals surface area contributed by atoms with E-state index in [2.05, 4.69) is 4.90 Å². The van der Waals surface area contributed by atoms with Gasteiger partial charge in [-0.15, -0.1) is 0 Å². The van der Waals surface area contributed by atoms with Gasteiger partial charge in [0.2, 0.25) is 5.91 Å². The number of aliphatic hydroxyl groups excluding tert-OH is 1. The first kappa shape index (κ1) is 15.3. The van der Waals surface area contributed by atoms with Crippen LogP contribution in [0.15, 0.2) is 24.3 Å². The molecule has 1 heterocycles. The zero-order chi connectivity index (χ0) is 14.5. The number of rotatable bonds is 4. The minimum Gasteiger partial charge on any atom is -0.392 e. The fraction of sp³-hybridized carbons (Fsp3) is 0.533. The Labute approximate surface area is 124 Å². The molecule has 0 spiro atoms. The highest BCUT2D eigenvalue weighted by Gasteiger charge is 2.22. The summed E-state index contributed by atoms with van der Waals surface area (Å²) in [5.74, 6) is 0.120. The fourth-order valence-corrected chi connectivity index (χ4v) is 2.67. The van der Waals surface area contributed by atoms with E-state index in [0.717, 1.165) is 31.7 Å². The Kier molecular flexibility index (Phi) is 5.40. The van der Waals surface area contributed by atoms with Gasteiger partial charge in [-0.25, -0.2) is 0 Å². The van der Waals surface area contributed by atoms with Crippen LogP contribution >= 0.6 is 11.6 Å². The predicted molar refractivity (Wildman–Crippen MR) is 79.9 cm³/mol. The lowest BCUT2D eigenvalue weighted by Gasteiger charge is -2.35. The Morgan fingerprint density at radius 2 is 1.95 bits per heavy atom. The van der Waals surface area contributed by atoms with Crippen LogP contribution in [0, 0.1) is 0 Å². The number of halogens is 1. The summed E-state index contributed by atoms with van der Waals surface area (Å²) in [6.45, 7) is 5.53. The maximum absolute atomic E-state index is 12.2. The third-order valence-corrected chi connectivity index (χ3v) is 3.92. The Morgan fingerprint density at radius 3 is 2.55 bits per heavy atom. The number of β-amino-alcohol motifs (C(OH)–C–C–N with tert-alkyl or cyclic N) is 1. The van der Waals surface area contributed by atoms with Crippen molar-refractivity contribution in [1.29, 1.82) is 0 Å². The normalized spacial score (nSPS) is 18.1. The topological polar surface area (TPSA) is 43.8 Å². The van der Waals surface area contributed by atoms with Crippen molar-refractivity contribution in [1.82, 2.24) is 9.80 Å². The maximum Gasteiger partial charge on any atom is 0.227 e. The first-order chi connectivity index (χ1) is 9.56. The molecule has 5 heteroatoms. The number of piperazine rings is 1. The fourth-order valence-electron chi connectivity index (χ4n) is 2.47. The molecular weight excluding hydrogens is 276 g/mol. The third-order valence-electron chi connectivity index (χ3n) is 3.55. The molecule has 1 saturated heterocycles. The summed E-state index contributed by atoms with van der Waals surface area (Å²) < 4.78 is 0. The van der Waals surface area contributed by atoms with E-state index in [1.807, 2.05) is 29.2 Å². The summed E-state index contributed by atoms with van der Waals surface area (Å²) in [6.07, 6.45) is 0.0381. The molecule has 0 unspecified atom stereocenters. The second-order valence-electron chi connectivity index (χ2n) is 5.30. The number of carbonyl (C=O) groups is 1. The first-order valence-electron chi connectivity index (χ1n) is 6.98. The van der Waals surface area contributed by atoms with Crippen molar-refractivity contribution >= 4 is 17.5 Å². The molecule has 1 aromatic rings. The van der Waals surface area contributed by atoms with Gasteiger partial charge in [-0.1, -0.05) is 29.8 Å². The zero-order valence-electron chi connectivity index (χ0n) is 11.8. The molecule has 4 nitrogen and oxygen atoms in total. The van der Waals surface area contributed by atoms with E-state index in [0.29, 0.717) is 18.0 Å². The maximum atomic E-state index is 12.2. The number of aliphatic hydroxyl groups is 1. The van der Waals surface area contributed by atoms with Crippen molar-refractivity contribution in [3.63, 3.8) is 0 Å². The average molecular weight is 297 g/mol. The summed E-state index contributed by atoms with van der Waals surface area (Å²) in [6, 6.07) is 7.47. The lowest BCUT2D eigenvalue weighted by molar-refractivity contribution is -0.132. The van der Waals surface area contributed by atoms with E-state index < -0.39 is 0 Å². The smallest absolute Gasteiger partial charge is 0.227 e. The lowest BCUT2D eigenvalue weighted by Crippen LogP contribution is -2.50. The number of hydrogen-bond acceptors (Lipinski definition) is 3. The molecule has 0 saturated carbocycles. The third kappa shape index (κ3) is 4.20. The van der Waals surface area contributed by atoms with Gasteiger partial charge in [-0.05, 0) is 18.6 Å². The number of hydrogen-bond donors (Lipinski definition) is 1. The molecule has 1 atom stereocenters. The van der Waals surface area contributed by atoms with E-state index in [1.54, 1.807) is 6.92 Å². The van der Waals surface area contributed by atoms with Gasteiger partial charge < -0.3 is 10.0 Å². The second kappa shape index (κ2) is 7.07. The summed E-state index contributed by atoms with van der Waals surface area (Å²) in [7, 11) is 0. The van der Waals surface area contributed by atoms with Crippen LogP contribution in [0.25, 0.3) is 0 Å². The quantitative estimate of drug-likeness (QED) is 0.913. The lowest BCUT2D eigenvalue weighted by atomic mass is 10.1. The molecule has 1 amide bonds. The van der Waals surface area contributed by atoms with Gasteiger partial charge >= 0.3 is 0 Å². The molecule has 1 fully saturated rings. The monoisotopic (exact) mass is 296 g/mol. The molecule has 0 aromatic heterocycles. The largest absolute Gasteiger partial charge is 0.392 e. The van der Waals surface area contributed by atoms with E-state index in [9.17, 15) is 9.90 Å². The molecule has 2 rings (SSSR count). The van der Waals surface area contributed by atoms with Crippen LogP contribution in [0.5, 0.6) is 0 Å². The van der Waals surface area contributed by atoms with Crippen molar-refractivity contribution in [2.45, 2.75) is 19.4 Å². The standard InChI is InChI=1S/C15H21ClN2O2/c1-12(19)11-17-6-8-18(9-7-17)15(20)10-13-4-2-3-5-14(13)16/h2-5,12,19H,6-11H2,1H3/t12-/m1/s1. The highest BCUT2D eigenvalue weighted by atomic mass is 35.5. The molecule has 110 valence electrons. The van der Waals surface area contributed by atoms with Gasteiger partial charge in [0.1, 0.15) is 0 Å². The van der Waals surface area contributed by atoms with Gasteiger partial charge in [-0.2, -0.15) is 0 Å². The summed E-state index contributed by atoms with van der Waals surface area (Å²) in [4.78, 5) is 16.3. The molecular formula is C15H21ClN2O2. The predicted octanol–water partition coefficient (Wildman–Crippen LogP) is 1.41. The molecule has 0 bridgehead atoms. The van der Waals surface area contributed by atoms with Crippen molar-refractivity contribution in [2.24, 2.45) is 0 Å². The SMILES string of the molecule is C[C@@H](O)CN1CCN(C(=O)Cc2ccccc2Cl)CC1. The Balaban J connectivity index is 1.85. The summed E-state index contributed by atoms with van der Waals surface area (Å²) >= 11 is 6.08. The van der Waals surface area contributed by atoms with Gasteiger partial charge in [0.15, 0.2) is 0 Å². The van der Waals surface area contributed by atoms with E-state index in [-0.39, 0.29) is 12.0 Å². The van der Waals surface area contributed by atoms with E-state index in [1.165, 1.54) is 0 Å². The summed E-state index contributed by atoms with van der Waals surface area (Å²) in [5.41, 5.74) is 0.880. The van der Waals surface area contributed by atoms with Gasteiger partial charge in [0, 0.05) is 37.7 Å². The Bertz CT molecular complexity index is 457. The van der Waals surface area contributed by atoms with Crippen molar-refractivity contribution in [3.05, 3.63) is 34.9 Å². The van der Waals surface area contributed by atoms with Gasteiger partial charge in [0.05, 0.1) is 12.5 Å². The molecule has 0 radical (unpaired) electrons. The van der Waals surface area contributed by atoms with Crippen molar-refractivity contribution in [3.8, 4) is 0 Å². The van der Waals surface area contributed by atoms with Crippen LogP contribution in [0.4, 0.5) is 0 Å². The summed E-state index contributed by atoms with van der Waals surface area (Å²) in [5, 5.41) is 10.0. The molecule has 1 aromatic carbocycles. The van der Waals surface area contributed by atoms with Crippen molar-refractivity contribution in [2.75, 3.05) is 32.7 Å².